The molecule has 1 aliphatic carbocycles. The minimum atomic E-state index is 0.633. The van der Waals surface area contributed by atoms with Crippen molar-refractivity contribution in [3.05, 3.63) is 164 Å². The Balaban J connectivity index is 1.14. The number of benzene rings is 8. The van der Waals surface area contributed by atoms with E-state index in [-0.39, 0.29) is 0 Å². The number of hydrogen-bond acceptors (Lipinski definition) is 4. The van der Waals surface area contributed by atoms with E-state index in [1.165, 1.54) is 33.0 Å². The van der Waals surface area contributed by atoms with Crippen LogP contribution in [0.4, 0.5) is 0 Å². The molecular formula is C47H27N3O. The van der Waals surface area contributed by atoms with Gasteiger partial charge in [-0.3, -0.25) is 0 Å². The van der Waals surface area contributed by atoms with Crippen molar-refractivity contribution >= 4 is 43.5 Å². The summed E-state index contributed by atoms with van der Waals surface area (Å²) in [6.45, 7) is 0. The van der Waals surface area contributed by atoms with Crippen LogP contribution in [0.5, 0.6) is 0 Å². The van der Waals surface area contributed by atoms with Crippen LogP contribution in [0.25, 0.3) is 111 Å². The van der Waals surface area contributed by atoms with Crippen LogP contribution in [-0.2, 0) is 0 Å². The zero-order valence-electron chi connectivity index (χ0n) is 27.3. The standard InChI is InChI=1S/C47H27N3O/c1-3-12-28(13-4-1)45-48-46(29-14-5-2-6-15-29)50-47(49-45)32-24-30-16-7-8-17-33(30)38(26-32)31-22-23-41-40(25-31)44-37-21-11-20-36-34-18-9-10-19-35(34)39(43(36)37)27-42(44)51-41/h1-27H. The normalized spacial score (nSPS) is 11.9. The average molecular weight is 650 g/mol. The second kappa shape index (κ2) is 10.8. The van der Waals surface area contributed by atoms with Crippen LogP contribution >= 0.6 is 0 Å². The summed E-state index contributed by atoms with van der Waals surface area (Å²) in [5.74, 6) is 1.92. The van der Waals surface area contributed by atoms with E-state index < -0.39 is 0 Å². The van der Waals surface area contributed by atoms with E-state index in [2.05, 4.69) is 103 Å². The highest BCUT2D eigenvalue weighted by Gasteiger charge is 2.25. The molecule has 0 aliphatic heterocycles. The Hall–Kier alpha value is -6.91. The Labute approximate surface area is 293 Å². The van der Waals surface area contributed by atoms with Gasteiger partial charge in [-0.05, 0) is 85.3 Å². The number of fused-ring (bicyclic) bond motifs is 8. The molecule has 0 atom stereocenters. The van der Waals surface area contributed by atoms with Crippen LogP contribution < -0.4 is 0 Å². The summed E-state index contributed by atoms with van der Waals surface area (Å²) >= 11 is 0. The van der Waals surface area contributed by atoms with Crippen molar-refractivity contribution < 1.29 is 4.42 Å². The number of furan rings is 1. The van der Waals surface area contributed by atoms with E-state index in [0.29, 0.717) is 17.5 Å². The molecule has 51 heavy (non-hydrogen) atoms. The van der Waals surface area contributed by atoms with Crippen LogP contribution in [0.2, 0.25) is 0 Å². The van der Waals surface area contributed by atoms with Gasteiger partial charge in [0.1, 0.15) is 11.2 Å². The Morgan fingerprint density at radius 1 is 0.314 bits per heavy atom. The minimum absolute atomic E-state index is 0.633. The van der Waals surface area contributed by atoms with Gasteiger partial charge in [0.05, 0.1) is 0 Å². The molecule has 0 N–H and O–H groups in total. The summed E-state index contributed by atoms with van der Waals surface area (Å²) < 4.78 is 6.60. The summed E-state index contributed by atoms with van der Waals surface area (Å²) in [4.78, 5) is 15.0. The number of hydrogen-bond donors (Lipinski definition) is 0. The smallest absolute Gasteiger partial charge is 0.164 e. The molecule has 2 heterocycles. The van der Waals surface area contributed by atoms with E-state index in [1.807, 2.05) is 60.7 Å². The Morgan fingerprint density at radius 2 is 0.922 bits per heavy atom. The van der Waals surface area contributed by atoms with Crippen molar-refractivity contribution in [3.63, 3.8) is 0 Å². The molecular weight excluding hydrogens is 623 g/mol. The van der Waals surface area contributed by atoms with Crippen molar-refractivity contribution in [2.24, 2.45) is 0 Å². The predicted octanol–water partition coefficient (Wildman–Crippen LogP) is 12.4. The van der Waals surface area contributed by atoms with E-state index in [4.69, 9.17) is 19.4 Å². The van der Waals surface area contributed by atoms with Gasteiger partial charge in [0, 0.05) is 27.5 Å². The molecule has 0 spiro atoms. The number of rotatable bonds is 4. The summed E-state index contributed by atoms with van der Waals surface area (Å²) in [7, 11) is 0. The van der Waals surface area contributed by atoms with E-state index in [1.54, 1.807) is 0 Å². The van der Waals surface area contributed by atoms with Crippen LogP contribution in [0.3, 0.4) is 0 Å². The predicted molar refractivity (Wildman–Crippen MR) is 208 cm³/mol. The molecule has 4 nitrogen and oxygen atoms in total. The first kappa shape index (κ1) is 28.0. The van der Waals surface area contributed by atoms with Gasteiger partial charge >= 0.3 is 0 Å². The third-order valence-electron chi connectivity index (χ3n) is 10.2. The summed E-state index contributed by atoms with van der Waals surface area (Å²) in [6.07, 6.45) is 0. The molecule has 236 valence electrons. The van der Waals surface area contributed by atoms with Gasteiger partial charge in [0.15, 0.2) is 17.5 Å². The molecule has 1 aliphatic rings. The van der Waals surface area contributed by atoms with Gasteiger partial charge in [-0.25, -0.2) is 15.0 Å². The molecule has 0 unspecified atom stereocenters. The number of aromatic nitrogens is 3. The Morgan fingerprint density at radius 3 is 1.67 bits per heavy atom. The van der Waals surface area contributed by atoms with Gasteiger partial charge in [0.2, 0.25) is 0 Å². The largest absolute Gasteiger partial charge is 0.456 e. The highest BCUT2D eigenvalue weighted by atomic mass is 16.3. The van der Waals surface area contributed by atoms with Crippen LogP contribution in [0, 0.1) is 0 Å². The van der Waals surface area contributed by atoms with Gasteiger partial charge in [-0.1, -0.05) is 133 Å². The third kappa shape index (κ3) is 4.30. The minimum Gasteiger partial charge on any atom is -0.456 e. The van der Waals surface area contributed by atoms with Crippen molar-refractivity contribution in [1.82, 2.24) is 15.0 Å². The third-order valence-corrected chi connectivity index (χ3v) is 10.2. The lowest BCUT2D eigenvalue weighted by Crippen LogP contribution is -2.00. The zero-order chi connectivity index (χ0) is 33.5. The summed E-state index contributed by atoms with van der Waals surface area (Å²) in [5.41, 5.74) is 11.9. The molecule has 0 radical (unpaired) electrons. The highest BCUT2D eigenvalue weighted by molar-refractivity contribution is 6.28. The second-order valence-corrected chi connectivity index (χ2v) is 13.2. The first-order chi connectivity index (χ1) is 25.3. The van der Waals surface area contributed by atoms with Crippen molar-refractivity contribution in [3.8, 4) is 67.5 Å². The number of nitrogens with zero attached hydrogens (tertiary/aromatic N) is 3. The van der Waals surface area contributed by atoms with Crippen LogP contribution in [-0.4, -0.2) is 15.0 Å². The first-order valence-corrected chi connectivity index (χ1v) is 17.2. The van der Waals surface area contributed by atoms with E-state index >= 15 is 0 Å². The van der Waals surface area contributed by atoms with Crippen molar-refractivity contribution in [1.29, 1.82) is 0 Å². The molecule has 4 heteroatoms. The lowest BCUT2D eigenvalue weighted by Gasteiger charge is -2.12. The fraction of sp³-hybridized carbons (Fsp3) is 0. The van der Waals surface area contributed by atoms with Gasteiger partial charge < -0.3 is 4.42 Å². The molecule has 0 fully saturated rings. The first-order valence-electron chi connectivity index (χ1n) is 17.2. The maximum atomic E-state index is 6.60. The molecule has 0 saturated heterocycles. The Kier molecular flexibility index (Phi) is 5.92. The van der Waals surface area contributed by atoms with Crippen LogP contribution in [0.1, 0.15) is 0 Å². The molecule has 8 aromatic carbocycles. The summed E-state index contributed by atoms with van der Waals surface area (Å²) in [6, 6.07) is 57.3. The van der Waals surface area contributed by atoms with Crippen molar-refractivity contribution in [2.75, 3.05) is 0 Å². The zero-order valence-corrected chi connectivity index (χ0v) is 27.3. The molecule has 0 saturated carbocycles. The molecule has 0 bridgehead atoms. The van der Waals surface area contributed by atoms with Gasteiger partial charge in [-0.2, -0.15) is 0 Å². The van der Waals surface area contributed by atoms with Crippen molar-refractivity contribution in [2.45, 2.75) is 0 Å². The van der Waals surface area contributed by atoms with Gasteiger partial charge in [0.25, 0.3) is 0 Å². The van der Waals surface area contributed by atoms with Gasteiger partial charge in [-0.15, -0.1) is 0 Å². The second-order valence-electron chi connectivity index (χ2n) is 13.2. The maximum Gasteiger partial charge on any atom is 0.164 e. The summed E-state index contributed by atoms with van der Waals surface area (Å²) in [5, 5.41) is 7.06. The fourth-order valence-corrected chi connectivity index (χ4v) is 7.92. The maximum absolute atomic E-state index is 6.60. The molecule has 11 rings (SSSR count). The topological polar surface area (TPSA) is 51.8 Å². The van der Waals surface area contributed by atoms with E-state index in [9.17, 15) is 0 Å². The molecule has 2 aromatic heterocycles. The lowest BCUT2D eigenvalue weighted by atomic mass is 9.93. The average Bonchev–Trinajstić information content (AvgIpc) is 3.74. The molecule has 0 amide bonds. The fourth-order valence-electron chi connectivity index (χ4n) is 7.92. The van der Waals surface area contributed by atoms with E-state index in [0.717, 1.165) is 60.5 Å². The van der Waals surface area contributed by atoms with Crippen LogP contribution in [0.15, 0.2) is 168 Å². The lowest BCUT2D eigenvalue weighted by molar-refractivity contribution is 0.669. The monoisotopic (exact) mass is 649 g/mol. The quantitative estimate of drug-likeness (QED) is 0.190. The Bertz CT molecular complexity index is 2960. The SMILES string of the molecule is c1ccc(-c2nc(-c3ccccc3)nc(-c3cc(-c4ccc5oc6cc7c8c(cccc8c6c5c4)-c4ccccc4-7)c4ccccc4c3)n2)cc1. The highest BCUT2D eigenvalue weighted by Crippen LogP contribution is 2.51. The molecule has 10 aromatic rings.